The molecule has 0 aliphatic rings. The summed E-state index contributed by atoms with van der Waals surface area (Å²) in [5.41, 5.74) is 1.27. The molecule has 0 aliphatic carbocycles. The number of carbonyl (C=O) groups is 1. The van der Waals surface area contributed by atoms with Crippen LogP contribution in [0.1, 0.15) is 67.6 Å². The first-order valence-corrected chi connectivity index (χ1v) is 8.97. The molecule has 0 saturated carbocycles. The van der Waals surface area contributed by atoms with Gasteiger partial charge in [0.2, 0.25) is 0 Å². The number of nitrogens with one attached hydrogen (secondary N) is 2. The predicted octanol–water partition coefficient (Wildman–Crippen LogP) is 4.87. The average molecular weight is 384 g/mol. The molecule has 0 saturated heterocycles. The molecule has 0 bridgehead atoms. The molecule has 2 aromatic heterocycles. The lowest BCUT2D eigenvalue weighted by Gasteiger charge is -2.30. The number of H-pyrrole nitrogens is 1. The van der Waals surface area contributed by atoms with Crippen molar-refractivity contribution >= 4 is 33.2 Å². The van der Waals surface area contributed by atoms with Gasteiger partial charge in [-0.15, -0.1) is 11.3 Å². The van der Waals surface area contributed by atoms with Crippen LogP contribution in [0.25, 0.3) is 0 Å². The molecular formula is C16H22BrN3OS. The molecule has 0 radical (unpaired) electrons. The van der Waals surface area contributed by atoms with E-state index >= 15 is 0 Å². The van der Waals surface area contributed by atoms with E-state index in [-0.39, 0.29) is 23.3 Å². The monoisotopic (exact) mass is 383 g/mol. The van der Waals surface area contributed by atoms with Crippen molar-refractivity contribution in [3.05, 3.63) is 38.3 Å². The van der Waals surface area contributed by atoms with Crippen LogP contribution in [0.15, 0.2) is 22.0 Å². The Morgan fingerprint density at radius 1 is 1.41 bits per heavy atom. The van der Waals surface area contributed by atoms with Crippen LogP contribution in [0.5, 0.6) is 0 Å². The van der Waals surface area contributed by atoms with Crippen LogP contribution in [0.4, 0.5) is 0 Å². The Morgan fingerprint density at radius 2 is 2.09 bits per heavy atom. The summed E-state index contributed by atoms with van der Waals surface area (Å²) in [4.78, 5) is 13.8. The molecule has 2 heterocycles. The van der Waals surface area contributed by atoms with Gasteiger partial charge in [-0.3, -0.25) is 9.89 Å². The highest BCUT2D eigenvalue weighted by molar-refractivity contribution is 9.10. The van der Waals surface area contributed by atoms with Gasteiger partial charge in [0.1, 0.15) is 0 Å². The van der Waals surface area contributed by atoms with E-state index < -0.39 is 0 Å². The third-order valence-corrected chi connectivity index (χ3v) is 5.23. The number of nitrogens with zero attached hydrogens (tertiary/aromatic N) is 1. The fraction of sp³-hybridized carbons (Fsp3) is 0.500. The Hall–Kier alpha value is -1.14. The molecule has 2 aromatic rings. The molecule has 1 unspecified atom stereocenters. The molecule has 0 aromatic carbocycles. The number of carbonyl (C=O) groups excluding carboxylic acids is 1. The number of aromatic nitrogens is 2. The van der Waals surface area contributed by atoms with Crippen molar-refractivity contribution in [2.75, 3.05) is 0 Å². The second kappa shape index (κ2) is 6.54. The minimum Gasteiger partial charge on any atom is -0.342 e. The van der Waals surface area contributed by atoms with E-state index in [1.165, 1.54) is 0 Å². The van der Waals surface area contributed by atoms with Crippen LogP contribution in [0, 0.1) is 5.41 Å². The van der Waals surface area contributed by atoms with Gasteiger partial charge >= 0.3 is 0 Å². The minimum absolute atomic E-state index is 0.0499. The molecule has 2 N–H and O–H groups in total. The molecule has 120 valence electrons. The van der Waals surface area contributed by atoms with Gasteiger partial charge in [0.05, 0.1) is 16.2 Å². The largest absolute Gasteiger partial charge is 0.342 e. The Bertz CT molecular complexity index is 641. The summed E-state index contributed by atoms with van der Waals surface area (Å²) in [5.74, 6) is 0.113. The first-order chi connectivity index (χ1) is 10.2. The van der Waals surface area contributed by atoms with Crippen LogP contribution in [0.2, 0.25) is 0 Å². The summed E-state index contributed by atoms with van der Waals surface area (Å²) in [7, 11) is 0. The number of thiophene rings is 1. The molecule has 4 nitrogen and oxygen atoms in total. The normalized spacial score (nSPS) is 13.4. The van der Waals surface area contributed by atoms with Crippen molar-refractivity contribution in [1.29, 1.82) is 0 Å². The van der Waals surface area contributed by atoms with Crippen molar-refractivity contribution in [1.82, 2.24) is 15.5 Å². The summed E-state index contributed by atoms with van der Waals surface area (Å²) < 4.78 is 0.749. The number of rotatable bonds is 4. The van der Waals surface area contributed by atoms with Crippen LogP contribution in [0.3, 0.4) is 0 Å². The van der Waals surface area contributed by atoms with Crippen molar-refractivity contribution in [2.45, 2.75) is 46.6 Å². The van der Waals surface area contributed by atoms with Crippen molar-refractivity contribution in [3.8, 4) is 0 Å². The lowest BCUT2D eigenvalue weighted by Crippen LogP contribution is -2.36. The minimum atomic E-state index is -0.164. The maximum atomic E-state index is 12.6. The van der Waals surface area contributed by atoms with Crippen LogP contribution in [-0.4, -0.2) is 16.1 Å². The van der Waals surface area contributed by atoms with Gasteiger partial charge < -0.3 is 5.32 Å². The topological polar surface area (TPSA) is 57.8 Å². The molecule has 0 aliphatic heterocycles. The van der Waals surface area contributed by atoms with Crippen LogP contribution >= 0.6 is 27.3 Å². The predicted molar refractivity (Wildman–Crippen MR) is 94.4 cm³/mol. The fourth-order valence-corrected chi connectivity index (χ4v) is 4.08. The van der Waals surface area contributed by atoms with E-state index in [0.717, 1.165) is 15.0 Å². The first-order valence-electron chi connectivity index (χ1n) is 7.29. The standard InChI is InChI=1S/C16H22BrN3OS/c1-9(2)12-11(17)13(20-19-12)15(21)18-14(16(3,4)5)10-7-6-8-22-10/h6-9,14H,1-5H3,(H,18,21)(H,19,20). The molecular weight excluding hydrogens is 362 g/mol. The maximum absolute atomic E-state index is 12.6. The van der Waals surface area contributed by atoms with Gasteiger partial charge in [0.25, 0.3) is 5.91 Å². The highest BCUT2D eigenvalue weighted by Crippen LogP contribution is 2.35. The van der Waals surface area contributed by atoms with E-state index in [1.54, 1.807) is 11.3 Å². The zero-order valence-corrected chi connectivity index (χ0v) is 15.9. The van der Waals surface area contributed by atoms with Crippen molar-refractivity contribution in [2.24, 2.45) is 5.41 Å². The lowest BCUT2D eigenvalue weighted by molar-refractivity contribution is 0.0897. The van der Waals surface area contributed by atoms with Crippen LogP contribution in [-0.2, 0) is 0 Å². The van der Waals surface area contributed by atoms with E-state index in [9.17, 15) is 4.79 Å². The van der Waals surface area contributed by atoms with E-state index in [1.807, 2.05) is 11.4 Å². The number of aromatic amines is 1. The van der Waals surface area contributed by atoms with Gasteiger partial charge in [0, 0.05) is 4.88 Å². The smallest absolute Gasteiger partial charge is 0.273 e. The second-order valence-corrected chi connectivity index (χ2v) is 8.51. The highest BCUT2D eigenvalue weighted by atomic mass is 79.9. The van der Waals surface area contributed by atoms with Gasteiger partial charge in [-0.25, -0.2) is 0 Å². The van der Waals surface area contributed by atoms with Crippen molar-refractivity contribution < 1.29 is 4.79 Å². The highest BCUT2D eigenvalue weighted by Gasteiger charge is 2.30. The average Bonchev–Trinajstić information content (AvgIpc) is 3.03. The van der Waals surface area contributed by atoms with Gasteiger partial charge in [0.15, 0.2) is 5.69 Å². The van der Waals surface area contributed by atoms with Gasteiger partial charge in [-0.05, 0) is 38.7 Å². The summed E-state index contributed by atoms with van der Waals surface area (Å²) in [6, 6.07) is 4.01. The Labute approximate surface area is 143 Å². The maximum Gasteiger partial charge on any atom is 0.273 e. The first kappa shape index (κ1) is 17.2. The summed E-state index contributed by atoms with van der Waals surface area (Å²) in [6.07, 6.45) is 0. The van der Waals surface area contributed by atoms with Crippen LogP contribution < -0.4 is 5.32 Å². The van der Waals surface area contributed by atoms with E-state index in [0.29, 0.717) is 5.69 Å². The molecule has 0 fully saturated rings. The quantitative estimate of drug-likeness (QED) is 0.790. The van der Waals surface area contributed by atoms with Gasteiger partial charge in [-0.1, -0.05) is 40.7 Å². The zero-order valence-electron chi connectivity index (χ0n) is 13.5. The number of halogens is 1. The third kappa shape index (κ3) is 3.60. The van der Waals surface area contributed by atoms with E-state index in [4.69, 9.17) is 0 Å². The van der Waals surface area contributed by atoms with Gasteiger partial charge in [-0.2, -0.15) is 5.10 Å². The Kier molecular flexibility index (Phi) is 5.12. The summed E-state index contributed by atoms with van der Waals surface area (Å²) in [6.45, 7) is 10.5. The summed E-state index contributed by atoms with van der Waals surface area (Å²) in [5, 5.41) is 12.3. The second-order valence-electron chi connectivity index (χ2n) is 6.74. The summed E-state index contributed by atoms with van der Waals surface area (Å²) >= 11 is 5.14. The Balaban J connectivity index is 2.26. The molecule has 1 atom stereocenters. The molecule has 22 heavy (non-hydrogen) atoms. The SMILES string of the molecule is CC(C)c1[nH]nc(C(=O)NC(c2cccs2)C(C)(C)C)c1Br. The lowest BCUT2D eigenvalue weighted by atomic mass is 9.85. The fourth-order valence-electron chi connectivity index (χ4n) is 2.24. The third-order valence-electron chi connectivity index (χ3n) is 3.49. The Morgan fingerprint density at radius 3 is 2.55 bits per heavy atom. The number of hydrogen-bond acceptors (Lipinski definition) is 3. The van der Waals surface area contributed by atoms with E-state index in [2.05, 4.69) is 72.1 Å². The number of hydrogen-bond donors (Lipinski definition) is 2. The molecule has 2 rings (SSSR count). The van der Waals surface area contributed by atoms with Crippen molar-refractivity contribution in [3.63, 3.8) is 0 Å². The molecule has 0 spiro atoms. The molecule has 1 amide bonds. The number of amides is 1. The zero-order chi connectivity index (χ0) is 16.5. The molecule has 6 heteroatoms.